The molecule has 0 aromatic heterocycles. The van der Waals surface area contributed by atoms with Crippen LogP contribution in [0.3, 0.4) is 0 Å². The number of aliphatic carboxylic acids is 1. The van der Waals surface area contributed by atoms with Crippen LogP contribution in [0.25, 0.3) is 0 Å². The number of carboxylic acid groups (broad SMARTS) is 1. The number of carboxylic acids is 1. The van der Waals surface area contributed by atoms with Gasteiger partial charge >= 0.3 is 12.0 Å². The van der Waals surface area contributed by atoms with Crippen LogP contribution in [-0.2, 0) is 4.79 Å². The van der Waals surface area contributed by atoms with Crippen LogP contribution in [0.1, 0.15) is 26.2 Å². The number of rotatable bonds is 6. The van der Waals surface area contributed by atoms with Gasteiger partial charge in [0.2, 0.25) is 0 Å². The van der Waals surface area contributed by atoms with Gasteiger partial charge in [-0.3, -0.25) is 4.90 Å². The van der Waals surface area contributed by atoms with Crippen LogP contribution < -0.4 is 5.32 Å². The van der Waals surface area contributed by atoms with E-state index in [9.17, 15) is 14.7 Å². The number of hydrogen-bond donors (Lipinski definition) is 3. The molecule has 3 N–H and O–H groups in total. The van der Waals surface area contributed by atoms with Crippen LogP contribution in [0.2, 0.25) is 0 Å². The standard InChI is InChI=1S/C13H23N3O4/c1-2-15(9-3-4-9)6-5-14-13(20)16-8-10(17)7-11(16)12(18)19/h9-11,17H,2-8H2,1H3,(H,14,20)(H,18,19)/t10-,11+/m1/s1. The van der Waals surface area contributed by atoms with Crippen LogP contribution in [0.5, 0.6) is 0 Å². The van der Waals surface area contributed by atoms with Gasteiger partial charge < -0.3 is 20.4 Å². The number of hydrogen-bond acceptors (Lipinski definition) is 4. The fraction of sp³-hybridized carbons (Fsp3) is 0.846. The van der Waals surface area contributed by atoms with Gasteiger partial charge in [-0.25, -0.2) is 9.59 Å². The molecule has 1 saturated heterocycles. The fourth-order valence-corrected chi connectivity index (χ4v) is 2.72. The molecule has 2 amide bonds. The molecule has 114 valence electrons. The fourth-order valence-electron chi connectivity index (χ4n) is 2.72. The molecule has 0 aromatic carbocycles. The molecule has 0 bridgehead atoms. The minimum atomic E-state index is -1.06. The highest BCUT2D eigenvalue weighted by Gasteiger charge is 2.38. The van der Waals surface area contributed by atoms with E-state index in [-0.39, 0.29) is 13.0 Å². The van der Waals surface area contributed by atoms with Crippen LogP contribution >= 0.6 is 0 Å². The largest absolute Gasteiger partial charge is 0.480 e. The Morgan fingerprint density at radius 3 is 2.65 bits per heavy atom. The van der Waals surface area contributed by atoms with E-state index in [0.717, 1.165) is 13.1 Å². The van der Waals surface area contributed by atoms with Crippen LogP contribution in [0.15, 0.2) is 0 Å². The Bertz CT molecular complexity index is 373. The lowest BCUT2D eigenvalue weighted by Crippen LogP contribution is -2.48. The van der Waals surface area contributed by atoms with Gasteiger partial charge in [-0.15, -0.1) is 0 Å². The molecule has 7 nitrogen and oxygen atoms in total. The third-order valence-corrected chi connectivity index (χ3v) is 3.97. The molecule has 0 aromatic rings. The van der Waals surface area contributed by atoms with Gasteiger partial charge in [0.25, 0.3) is 0 Å². The normalized spacial score (nSPS) is 26.1. The van der Waals surface area contributed by atoms with Crippen molar-refractivity contribution < 1.29 is 19.8 Å². The first kappa shape index (κ1) is 15.1. The van der Waals surface area contributed by atoms with Gasteiger partial charge in [0.1, 0.15) is 6.04 Å². The zero-order valence-electron chi connectivity index (χ0n) is 11.8. The van der Waals surface area contributed by atoms with Crippen molar-refractivity contribution in [3.63, 3.8) is 0 Å². The smallest absolute Gasteiger partial charge is 0.326 e. The Kier molecular flexibility index (Phi) is 4.82. The summed E-state index contributed by atoms with van der Waals surface area (Å²) in [6.07, 6.45) is 1.80. The maximum atomic E-state index is 12.0. The van der Waals surface area contributed by atoms with Gasteiger partial charge in [0.15, 0.2) is 0 Å². The monoisotopic (exact) mass is 285 g/mol. The summed E-state index contributed by atoms with van der Waals surface area (Å²) in [5.74, 6) is -1.06. The van der Waals surface area contributed by atoms with Gasteiger partial charge in [-0.2, -0.15) is 0 Å². The Morgan fingerprint density at radius 2 is 2.10 bits per heavy atom. The van der Waals surface area contributed by atoms with E-state index in [1.54, 1.807) is 0 Å². The number of β-amino-alcohol motifs (C(OH)–C–C–N with tert-alkyl or cyclic N) is 1. The number of aliphatic hydroxyl groups excluding tert-OH is 1. The third kappa shape index (κ3) is 3.61. The second-order valence-corrected chi connectivity index (χ2v) is 5.49. The molecular formula is C13H23N3O4. The Labute approximate surface area is 118 Å². The predicted molar refractivity (Wildman–Crippen MR) is 72.4 cm³/mol. The van der Waals surface area contributed by atoms with E-state index in [4.69, 9.17) is 5.11 Å². The molecule has 0 unspecified atom stereocenters. The number of carbonyl (C=O) groups is 2. The van der Waals surface area contributed by atoms with Crippen LogP contribution in [-0.4, -0.2) is 76.4 Å². The number of nitrogens with zero attached hydrogens (tertiary/aromatic N) is 2. The molecule has 0 spiro atoms. The van der Waals surface area contributed by atoms with Crippen molar-refractivity contribution in [2.24, 2.45) is 0 Å². The summed E-state index contributed by atoms with van der Waals surface area (Å²) in [6.45, 7) is 4.42. The molecule has 7 heteroatoms. The molecule has 2 atom stereocenters. The summed E-state index contributed by atoms with van der Waals surface area (Å²) in [7, 11) is 0. The summed E-state index contributed by atoms with van der Waals surface area (Å²) in [5.41, 5.74) is 0. The minimum Gasteiger partial charge on any atom is -0.480 e. The highest BCUT2D eigenvalue weighted by molar-refractivity contribution is 5.83. The van der Waals surface area contributed by atoms with Crippen molar-refractivity contribution in [1.82, 2.24) is 15.1 Å². The SMILES string of the molecule is CCN(CCNC(=O)N1C[C@H](O)C[C@H]1C(=O)O)C1CC1. The number of carbonyl (C=O) groups excluding carboxylic acids is 1. The van der Waals surface area contributed by atoms with Crippen molar-refractivity contribution >= 4 is 12.0 Å². The highest BCUT2D eigenvalue weighted by atomic mass is 16.4. The van der Waals surface area contributed by atoms with Crippen molar-refractivity contribution in [1.29, 1.82) is 0 Å². The first-order valence-corrected chi connectivity index (χ1v) is 7.22. The van der Waals surface area contributed by atoms with Crippen molar-refractivity contribution in [2.45, 2.75) is 44.4 Å². The minimum absolute atomic E-state index is 0.0862. The molecular weight excluding hydrogens is 262 g/mol. The molecule has 1 aliphatic carbocycles. The van der Waals surface area contributed by atoms with Gasteiger partial charge in [0.05, 0.1) is 6.10 Å². The predicted octanol–water partition coefficient (Wildman–Crippen LogP) is -0.300. The number of amides is 2. The summed E-state index contributed by atoms with van der Waals surface area (Å²) in [6, 6.07) is -0.672. The summed E-state index contributed by atoms with van der Waals surface area (Å²) < 4.78 is 0. The first-order chi connectivity index (χ1) is 9.52. The lowest BCUT2D eigenvalue weighted by molar-refractivity contribution is -0.141. The van der Waals surface area contributed by atoms with E-state index in [0.29, 0.717) is 12.6 Å². The summed E-state index contributed by atoms with van der Waals surface area (Å²) >= 11 is 0. The lowest BCUT2D eigenvalue weighted by Gasteiger charge is -2.24. The average Bonchev–Trinajstić information content (AvgIpc) is 3.16. The Hall–Kier alpha value is -1.34. The molecule has 2 rings (SSSR count). The topological polar surface area (TPSA) is 93.1 Å². The maximum Gasteiger partial charge on any atom is 0.326 e. The number of likely N-dealkylation sites (tertiary alicyclic amines) is 1. The molecule has 1 heterocycles. The number of urea groups is 1. The number of likely N-dealkylation sites (N-methyl/N-ethyl adjacent to an activating group) is 1. The summed E-state index contributed by atoms with van der Waals surface area (Å²) in [5, 5.41) is 21.3. The molecule has 2 aliphatic rings. The number of aliphatic hydroxyl groups is 1. The van der Waals surface area contributed by atoms with Crippen molar-refractivity contribution in [3.05, 3.63) is 0 Å². The number of nitrogens with one attached hydrogen (secondary N) is 1. The molecule has 2 fully saturated rings. The van der Waals surface area contributed by atoms with Gasteiger partial charge in [-0.1, -0.05) is 6.92 Å². The van der Waals surface area contributed by atoms with Crippen LogP contribution in [0, 0.1) is 0 Å². The zero-order valence-corrected chi connectivity index (χ0v) is 11.8. The van der Waals surface area contributed by atoms with Gasteiger partial charge in [-0.05, 0) is 19.4 Å². The quantitative estimate of drug-likeness (QED) is 0.623. The maximum absolute atomic E-state index is 12.0. The van der Waals surface area contributed by atoms with E-state index < -0.39 is 24.1 Å². The van der Waals surface area contributed by atoms with Gasteiger partial charge in [0, 0.05) is 32.1 Å². The van der Waals surface area contributed by atoms with E-state index in [1.165, 1.54) is 17.7 Å². The Balaban J connectivity index is 1.77. The molecule has 20 heavy (non-hydrogen) atoms. The lowest BCUT2D eigenvalue weighted by atomic mass is 10.2. The molecule has 1 saturated carbocycles. The third-order valence-electron chi connectivity index (χ3n) is 3.97. The van der Waals surface area contributed by atoms with Crippen molar-refractivity contribution in [2.75, 3.05) is 26.2 Å². The van der Waals surface area contributed by atoms with E-state index in [1.807, 2.05) is 0 Å². The second-order valence-electron chi connectivity index (χ2n) is 5.49. The average molecular weight is 285 g/mol. The summed E-state index contributed by atoms with van der Waals surface area (Å²) in [4.78, 5) is 26.6. The van der Waals surface area contributed by atoms with E-state index in [2.05, 4.69) is 17.1 Å². The van der Waals surface area contributed by atoms with Crippen molar-refractivity contribution in [3.8, 4) is 0 Å². The molecule has 0 radical (unpaired) electrons. The zero-order chi connectivity index (χ0) is 14.7. The first-order valence-electron chi connectivity index (χ1n) is 7.22. The van der Waals surface area contributed by atoms with Crippen LogP contribution in [0.4, 0.5) is 4.79 Å². The second kappa shape index (κ2) is 6.41. The molecule has 1 aliphatic heterocycles. The highest BCUT2D eigenvalue weighted by Crippen LogP contribution is 2.25. The Morgan fingerprint density at radius 1 is 1.40 bits per heavy atom. The van der Waals surface area contributed by atoms with E-state index >= 15 is 0 Å².